The second kappa shape index (κ2) is 6.23. The first-order valence-corrected chi connectivity index (χ1v) is 3.54. The van der Waals surface area contributed by atoms with E-state index in [0.717, 1.165) is 5.69 Å². The van der Waals surface area contributed by atoms with Crippen LogP contribution in [0.4, 0.5) is 5.69 Å². The lowest BCUT2D eigenvalue weighted by Gasteiger charge is -1.88. The van der Waals surface area contributed by atoms with Gasteiger partial charge in [-0.3, -0.25) is 11.5 Å². The number of rotatable bonds is 1. The largest absolute Gasteiger partial charge is 0.356 e. The lowest BCUT2D eigenvalue weighted by atomic mass is 10.3. The minimum Gasteiger partial charge on any atom is -0.356 e. The fourth-order valence-electron chi connectivity index (χ4n) is 0.688. The quantitative estimate of drug-likeness (QED) is 0.217. The van der Waals surface area contributed by atoms with Gasteiger partial charge in [-0.1, -0.05) is 18.2 Å². The maximum atomic E-state index is 8.25. The van der Waals surface area contributed by atoms with Crippen molar-refractivity contribution in [2.75, 3.05) is 0 Å². The van der Waals surface area contributed by atoms with E-state index in [0.29, 0.717) is 0 Å². The van der Waals surface area contributed by atoms with Gasteiger partial charge >= 0.3 is 5.96 Å². The van der Waals surface area contributed by atoms with Crippen molar-refractivity contribution in [1.29, 1.82) is 0 Å². The Morgan fingerprint density at radius 1 is 1.21 bits per heavy atom. The van der Waals surface area contributed by atoms with Crippen LogP contribution in [0.2, 0.25) is 0 Å². The van der Waals surface area contributed by atoms with E-state index in [1.165, 1.54) is 0 Å². The molecule has 0 aliphatic rings. The smallest absolute Gasteiger partial charge is 0.343 e. The van der Waals surface area contributed by atoms with Gasteiger partial charge in [-0.05, 0) is 12.1 Å². The van der Waals surface area contributed by atoms with E-state index >= 15 is 0 Å². The van der Waals surface area contributed by atoms with Crippen LogP contribution in [-0.4, -0.2) is 11.0 Å². The van der Waals surface area contributed by atoms with E-state index in [1.54, 1.807) is 0 Å². The van der Waals surface area contributed by atoms with Gasteiger partial charge in [0.1, 0.15) is 0 Å². The van der Waals surface area contributed by atoms with Gasteiger partial charge < -0.3 is 15.3 Å². The molecule has 76 valence electrons. The third-order valence-electron chi connectivity index (χ3n) is 1.06. The number of guanidine groups is 1. The molecule has 1 aromatic carbocycles. The Kier molecular flexibility index (Phi) is 5.20. The highest BCUT2D eigenvalue weighted by Crippen LogP contribution is 1.94. The van der Waals surface area contributed by atoms with Gasteiger partial charge in [0, 0.05) is 0 Å². The normalized spacial score (nSPS) is 8.00. The first kappa shape index (κ1) is 11.7. The van der Waals surface area contributed by atoms with Crippen LogP contribution in [0.25, 0.3) is 0 Å². The Hall–Kier alpha value is -2.31. The molecule has 0 bridgehead atoms. The van der Waals surface area contributed by atoms with Crippen LogP contribution in [0.5, 0.6) is 0 Å². The van der Waals surface area contributed by atoms with Crippen LogP contribution >= 0.6 is 0 Å². The van der Waals surface area contributed by atoms with Crippen LogP contribution < -0.4 is 16.5 Å². The number of hydrogen-bond donors (Lipinski definition) is 3. The van der Waals surface area contributed by atoms with E-state index in [-0.39, 0.29) is 5.96 Å². The molecule has 7 nitrogen and oxygen atoms in total. The van der Waals surface area contributed by atoms with Crippen molar-refractivity contribution in [3.8, 4) is 0 Å². The van der Waals surface area contributed by atoms with Crippen molar-refractivity contribution in [1.82, 2.24) is 0 Å². The maximum Gasteiger partial charge on any atom is 0.343 e. The summed E-state index contributed by atoms with van der Waals surface area (Å²) in [7, 11) is 0. The van der Waals surface area contributed by atoms with Crippen LogP contribution in [-0.2, 0) is 0 Å². The van der Waals surface area contributed by atoms with Crippen molar-refractivity contribution in [2.45, 2.75) is 0 Å². The molecule has 0 amide bonds. The summed E-state index contributed by atoms with van der Waals surface area (Å²) in [4.78, 5) is 11.0. The maximum absolute atomic E-state index is 8.25. The van der Waals surface area contributed by atoms with Gasteiger partial charge in [0.15, 0.2) is 0 Å². The molecule has 5 N–H and O–H groups in total. The van der Waals surface area contributed by atoms with Crippen LogP contribution in [0.3, 0.4) is 0 Å². The highest BCUT2D eigenvalue weighted by molar-refractivity contribution is 5.70. The zero-order valence-electron chi connectivity index (χ0n) is 7.21. The van der Waals surface area contributed by atoms with E-state index in [2.05, 4.69) is 4.99 Å². The Labute approximate surface area is 79.8 Å². The summed E-state index contributed by atoms with van der Waals surface area (Å²) >= 11 is 0. The molecule has 1 aromatic rings. The first-order chi connectivity index (χ1) is 6.52. The SMILES string of the molecule is NC(N)=[NH+]c1ccccc1.O=[N+]([O-])[O-]. The molecule has 0 aromatic heterocycles. The van der Waals surface area contributed by atoms with Crippen LogP contribution in [0, 0.1) is 15.3 Å². The predicted octanol–water partition coefficient (Wildman–Crippen LogP) is -1.57. The number of nitrogens with two attached hydrogens (primary N) is 2. The summed E-state index contributed by atoms with van der Waals surface area (Å²) in [6, 6.07) is 9.52. The second-order valence-corrected chi connectivity index (χ2v) is 2.17. The standard InChI is InChI=1S/C7H9N3.NO3/c8-7(9)10-6-4-2-1-3-5-6;2-1(3)4/h1-5H,(H4,8,9,10);/q;-1/p+1. The molecule has 0 heterocycles. The highest BCUT2D eigenvalue weighted by Gasteiger charge is 1.87. The minimum absolute atomic E-state index is 0.214. The Morgan fingerprint density at radius 2 is 1.64 bits per heavy atom. The Morgan fingerprint density at radius 3 is 2.00 bits per heavy atom. The van der Waals surface area contributed by atoms with Gasteiger partial charge in [-0.25, -0.2) is 4.99 Å². The molecule has 0 aliphatic heterocycles. The third-order valence-corrected chi connectivity index (χ3v) is 1.06. The molecule has 7 heteroatoms. The van der Waals surface area contributed by atoms with E-state index in [9.17, 15) is 0 Å². The molecule has 0 atom stereocenters. The van der Waals surface area contributed by atoms with Crippen LogP contribution in [0.15, 0.2) is 30.3 Å². The first-order valence-electron chi connectivity index (χ1n) is 3.54. The second-order valence-electron chi connectivity index (χ2n) is 2.17. The fraction of sp³-hybridized carbons (Fsp3) is 0. The summed E-state index contributed by atoms with van der Waals surface area (Å²) in [5.74, 6) is 0.214. The molecule has 0 unspecified atom stereocenters. The third kappa shape index (κ3) is 7.79. The number of nitrogens with one attached hydrogen (secondary N) is 1. The molecule has 0 saturated carbocycles. The van der Waals surface area contributed by atoms with E-state index < -0.39 is 5.09 Å². The topological polar surface area (TPSA) is 132 Å². The number of nitrogens with zero attached hydrogens (tertiary/aromatic N) is 1. The Bertz CT molecular complexity index is 304. The summed E-state index contributed by atoms with van der Waals surface area (Å²) in [5.41, 5.74) is 11.3. The van der Waals surface area contributed by atoms with Gasteiger partial charge in [0.25, 0.3) is 0 Å². The summed E-state index contributed by atoms with van der Waals surface area (Å²) in [6.07, 6.45) is 0. The van der Waals surface area contributed by atoms with Gasteiger partial charge in [-0.15, -0.1) is 0 Å². The zero-order chi connectivity index (χ0) is 11.0. The van der Waals surface area contributed by atoms with Gasteiger partial charge in [-0.2, -0.15) is 0 Å². The lowest BCUT2D eigenvalue weighted by molar-refractivity contribution is -0.402. The minimum atomic E-state index is -1.75. The van der Waals surface area contributed by atoms with Crippen molar-refractivity contribution < 1.29 is 10.1 Å². The molecule has 1 rings (SSSR count). The van der Waals surface area contributed by atoms with E-state index in [4.69, 9.17) is 26.8 Å². The number of benzene rings is 1. The average Bonchev–Trinajstić information content (AvgIpc) is 2.03. The molecular weight excluding hydrogens is 188 g/mol. The molecular formula is C7H10N4O3. The average molecular weight is 198 g/mol. The lowest BCUT2D eigenvalue weighted by Crippen LogP contribution is -2.72. The predicted molar refractivity (Wildman–Crippen MR) is 50.8 cm³/mol. The molecule has 0 radical (unpaired) electrons. The molecule has 0 saturated heterocycles. The fourth-order valence-corrected chi connectivity index (χ4v) is 0.688. The van der Waals surface area contributed by atoms with Gasteiger partial charge in [0.05, 0.1) is 10.8 Å². The summed E-state index contributed by atoms with van der Waals surface area (Å²) in [5, 5.41) is 14.8. The van der Waals surface area contributed by atoms with Crippen molar-refractivity contribution in [3.05, 3.63) is 45.7 Å². The molecule has 0 aliphatic carbocycles. The zero-order valence-corrected chi connectivity index (χ0v) is 7.21. The molecule has 14 heavy (non-hydrogen) atoms. The summed E-state index contributed by atoms with van der Waals surface area (Å²) in [6.45, 7) is 0. The monoisotopic (exact) mass is 198 g/mol. The summed E-state index contributed by atoms with van der Waals surface area (Å²) < 4.78 is 0. The van der Waals surface area contributed by atoms with Crippen molar-refractivity contribution in [3.63, 3.8) is 0 Å². The van der Waals surface area contributed by atoms with Crippen LogP contribution in [0.1, 0.15) is 0 Å². The number of hydrogen-bond acceptors (Lipinski definition) is 3. The van der Waals surface area contributed by atoms with Gasteiger partial charge in [0.2, 0.25) is 0 Å². The van der Waals surface area contributed by atoms with Crippen molar-refractivity contribution in [2.24, 2.45) is 11.5 Å². The van der Waals surface area contributed by atoms with Crippen molar-refractivity contribution >= 4 is 11.6 Å². The molecule has 0 fully saturated rings. The highest BCUT2D eigenvalue weighted by atomic mass is 16.9. The van der Waals surface area contributed by atoms with E-state index in [1.807, 2.05) is 30.3 Å². The number of para-hydroxylation sites is 1. The molecule has 0 spiro atoms. The Balaban J connectivity index is 0.000000364.